The summed E-state index contributed by atoms with van der Waals surface area (Å²) in [5.41, 5.74) is 7.81. The molecule has 0 atom stereocenters. The first-order valence-electron chi connectivity index (χ1n) is 6.79. The molecule has 0 saturated carbocycles. The van der Waals surface area contributed by atoms with Crippen molar-refractivity contribution < 1.29 is 0 Å². The smallest absolute Gasteiger partial charge is 0.0277 e. The number of hydrogen-bond acceptors (Lipinski definition) is 0. The van der Waals surface area contributed by atoms with Crippen molar-refractivity contribution in [2.24, 2.45) is 0 Å². The first kappa shape index (κ1) is 15.1. The minimum absolute atomic E-state index is 0.887. The Morgan fingerprint density at radius 1 is 1.32 bits per heavy atom. The molecule has 0 nitrogen and oxygen atoms in total. The summed E-state index contributed by atoms with van der Waals surface area (Å²) in [7, 11) is 0. The van der Waals surface area contributed by atoms with Crippen LogP contribution in [0.2, 0.25) is 0 Å². The van der Waals surface area contributed by atoms with E-state index >= 15 is 0 Å². The first-order chi connectivity index (χ1) is 9.19. The minimum atomic E-state index is 0.887. The van der Waals surface area contributed by atoms with Crippen LogP contribution in [0, 0.1) is 25.7 Å². The van der Waals surface area contributed by atoms with Crippen LogP contribution in [-0.2, 0) is 0 Å². The van der Waals surface area contributed by atoms with Gasteiger partial charge in [0.25, 0.3) is 0 Å². The molecule has 0 fully saturated rings. The fourth-order valence-electron chi connectivity index (χ4n) is 1.73. The lowest BCUT2D eigenvalue weighted by molar-refractivity contribution is 1.07. The Balaban J connectivity index is 2.53. The molecule has 0 aliphatic rings. The van der Waals surface area contributed by atoms with E-state index in [1.807, 2.05) is 0 Å². The summed E-state index contributed by atoms with van der Waals surface area (Å²) in [5.74, 6) is 6.48. The van der Waals surface area contributed by atoms with Gasteiger partial charge in [0.1, 0.15) is 0 Å². The van der Waals surface area contributed by atoms with E-state index in [2.05, 4.69) is 75.3 Å². The molecule has 1 rings (SSSR count). The SMILES string of the molecule is C=C=C(/C=C/CCC#Cc1cccc(C)c1C)CC. The van der Waals surface area contributed by atoms with Crippen LogP contribution in [0.3, 0.4) is 0 Å². The van der Waals surface area contributed by atoms with Crippen molar-refractivity contribution in [3.8, 4) is 11.8 Å². The fraction of sp³-hybridized carbons (Fsp3) is 0.316. The summed E-state index contributed by atoms with van der Waals surface area (Å²) in [6.45, 7) is 10.0. The van der Waals surface area contributed by atoms with Gasteiger partial charge in [-0.05, 0) is 49.5 Å². The molecule has 0 spiro atoms. The summed E-state index contributed by atoms with van der Waals surface area (Å²) in [6, 6.07) is 6.27. The second-order valence-corrected chi connectivity index (χ2v) is 4.55. The molecule has 0 heteroatoms. The fourth-order valence-corrected chi connectivity index (χ4v) is 1.73. The predicted octanol–water partition coefficient (Wildman–Crippen LogP) is 5.11. The lowest BCUT2D eigenvalue weighted by Gasteiger charge is -2.00. The van der Waals surface area contributed by atoms with E-state index in [1.54, 1.807) is 0 Å². The van der Waals surface area contributed by atoms with Crippen molar-refractivity contribution in [2.45, 2.75) is 40.0 Å². The maximum atomic E-state index is 3.66. The van der Waals surface area contributed by atoms with E-state index in [-0.39, 0.29) is 0 Å². The van der Waals surface area contributed by atoms with Gasteiger partial charge in [-0.1, -0.05) is 49.6 Å². The summed E-state index contributed by atoms with van der Waals surface area (Å²) in [4.78, 5) is 0. The number of hydrogen-bond donors (Lipinski definition) is 0. The van der Waals surface area contributed by atoms with Gasteiger partial charge in [0, 0.05) is 12.0 Å². The minimum Gasteiger partial charge on any atom is -0.125 e. The number of rotatable bonds is 4. The van der Waals surface area contributed by atoms with Gasteiger partial charge in [-0.2, -0.15) is 0 Å². The lowest BCUT2D eigenvalue weighted by atomic mass is 10.0. The first-order valence-corrected chi connectivity index (χ1v) is 6.79. The normalized spacial score (nSPS) is 9.84. The molecule has 0 radical (unpaired) electrons. The Hall–Kier alpha value is -1.96. The van der Waals surface area contributed by atoms with Crippen molar-refractivity contribution in [2.75, 3.05) is 0 Å². The molecule has 98 valence electrons. The molecule has 0 N–H and O–H groups in total. The van der Waals surface area contributed by atoms with Crippen LogP contribution in [-0.4, -0.2) is 0 Å². The second-order valence-electron chi connectivity index (χ2n) is 4.55. The highest BCUT2D eigenvalue weighted by atomic mass is 14.0. The summed E-state index contributed by atoms with van der Waals surface area (Å²) in [5, 5.41) is 0. The molecule has 0 aliphatic carbocycles. The van der Waals surface area contributed by atoms with Crippen molar-refractivity contribution in [1.29, 1.82) is 0 Å². The third-order valence-corrected chi connectivity index (χ3v) is 3.19. The van der Waals surface area contributed by atoms with Gasteiger partial charge in [0.15, 0.2) is 0 Å². The van der Waals surface area contributed by atoms with E-state index in [1.165, 1.54) is 11.1 Å². The Morgan fingerprint density at radius 2 is 2.11 bits per heavy atom. The summed E-state index contributed by atoms with van der Waals surface area (Å²) >= 11 is 0. The monoisotopic (exact) mass is 250 g/mol. The highest BCUT2D eigenvalue weighted by Crippen LogP contribution is 2.11. The third-order valence-electron chi connectivity index (χ3n) is 3.19. The molecule has 19 heavy (non-hydrogen) atoms. The highest BCUT2D eigenvalue weighted by molar-refractivity contribution is 5.44. The van der Waals surface area contributed by atoms with E-state index < -0.39 is 0 Å². The van der Waals surface area contributed by atoms with Gasteiger partial charge in [-0.15, -0.1) is 5.73 Å². The zero-order chi connectivity index (χ0) is 14.1. The zero-order valence-electron chi connectivity index (χ0n) is 12.2. The maximum absolute atomic E-state index is 3.66. The highest BCUT2D eigenvalue weighted by Gasteiger charge is 1.95. The number of aryl methyl sites for hydroxylation is 1. The van der Waals surface area contributed by atoms with Crippen LogP contribution in [0.25, 0.3) is 0 Å². The molecular weight excluding hydrogens is 228 g/mol. The van der Waals surface area contributed by atoms with Gasteiger partial charge < -0.3 is 0 Å². The Morgan fingerprint density at radius 3 is 2.79 bits per heavy atom. The van der Waals surface area contributed by atoms with Crippen molar-refractivity contribution >= 4 is 0 Å². The molecular formula is C19H22. The van der Waals surface area contributed by atoms with Crippen molar-refractivity contribution in [3.63, 3.8) is 0 Å². The van der Waals surface area contributed by atoms with Gasteiger partial charge >= 0.3 is 0 Å². The maximum Gasteiger partial charge on any atom is 0.0277 e. The van der Waals surface area contributed by atoms with Crippen LogP contribution >= 0.6 is 0 Å². The zero-order valence-corrected chi connectivity index (χ0v) is 12.2. The standard InChI is InChI=1S/C19H22/c1-5-18(6-2)13-9-7-8-10-14-19-15-11-12-16(3)17(19)4/h9,11-13,15H,1,6-8H2,2-4H3/b13-9+. The molecule has 0 aliphatic heterocycles. The third kappa shape index (κ3) is 5.04. The molecule has 0 amide bonds. The molecule has 1 aromatic carbocycles. The van der Waals surface area contributed by atoms with Gasteiger partial charge in [-0.3, -0.25) is 0 Å². The number of unbranched alkanes of at least 4 members (excludes halogenated alkanes) is 1. The van der Waals surface area contributed by atoms with Crippen LogP contribution in [0.15, 0.2) is 48.2 Å². The largest absolute Gasteiger partial charge is 0.125 e. The van der Waals surface area contributed by atoms with Crippen molar-refractivity contribution in [3.05, 3.63) is 64.9 Å². The average molecular weight is 250 g/mol. The van der Waals surface area contributed by atoms with E-state index in [0.29, 0.717) is 0 Å². The predicted molar refractivity (Wildman–Crippen MR) is 84.1 cm³/mol. The topological polar surface area (TPSA) is 0 Å². The number of benzene rings is 1. The molecule has 0 saturated heterocycles. The van der Waals surface area contributed by atoms with Crippen LogP contribution < -0.4 is 0 Å². The molecule has 0 aromatic heterocycles. The van der Waals surface area contributed by atoms with Crippen LogP contribution in [0.1, 0.15) is 42.9 Å². The average Bonchev–Trinajstić information content (AvgIpc) is 2.42. The second kappa shape index (κ2) is 8.20. The van der Waals surface area contributed by atoms with Gasteiger partial charge in [0.2, 0.25) is 0 Å². The molecule has 1 aromatic rings. The van der Waals surface area contributed by atoms with E-state index in [9.17, 15) is 0 Å². The van der Waals surface area contributed by atoms with E-state index in [4.69, 9.17) is 0 Å². The summed E-state index contributed by atoms with van der Waals surface area (Å²) < 4.78 is 0. The Labute approximate surface area is 117 Å². The lowest BCUT2D eigenvalue weighted by Crippen LogP contribution is -1.85. The number of allylic oxidation sites excluding steroid dienone is 3. The molecule has 0 bridgehead atoms. The molecule has 0 unspecified atom stereocenters. The van der Waals surface area contributed by atoms with Crippen LogP contribution in [0.4, 0.5) is 0 Å². The Kier molecular flexibility index (Phi) is 6.51. The Bertz CT molecular complexity index is 555. The van der Waals surface area contributed by atoms with Crippen molar-refractivity contribution in [1.82, 2.24) is 0 Å². The van der Waals surface area contributed by atoms with E-state index in [0.717, 1.165) is 30.4 Å². The summed E-state index contributed by atoms with van der Waals surface area (Å²) in [6.07, 6.45) is 7.08. The van der Waals surface area contributed by atoms with Gasteiger partial charge in [-0.25, -0.2) is 0 Å². The molecule has 0 heterocycles. The van der Waals surface area contributed by atoms with Gasteiger partial charge in [0.05, 0.1) is 0 Å². The quantitative estimate of drug-likeness (QED) is 0.301. The van der Waals surface area contributed by atoms with Crippen LogP contribution in [0.5, 0.6) is 0 Å².